The molecular formula is C28H28N4O5S2. The van der Waals surface area contributed by atoms with Gasteiger partial charge in [0.05, 0.1) is 22.5 Å². The van der Waals surface area contributed by atoms with Gasteiger partial charge >= 0.3 is 0 Å². The average molecular weight is 565 g/mol. The van der Waals surface area contributed by atoms with Gasteiger partial charge < -0.3 is 15.0 Å². The van der Waals surface area contributed by atoms with Gasteiger partial charge in [0.2, 0.25) is 0 Å². The molecule has 1 saturated heterocycles. The largest absolute Gasteiger partial charge is 0.496 e. The number of hydrogen-bond donors (Lipinski definition) is 1. The second-order valence-corrected chi connectivity index (χ2v) is 12.4. The van der Waals surface area contributed by atoms with Crippen LogP contribution < -0.4 is 10.1 Å². The van der Waals surface area contributed by atoms with Crippen LogP contribution in [0.3, 0.4) is 0 Å². The molecule has 0 spiro atoms. The number of para-hydroxylation sites is 1. The van der Waals surface area contributed by atoms with Crippen molar-refractivity contribution in [3.05, 3.63) is 81.9 Å². The lowest BCUT2D eigenvalue weighted by Gasteiger charge is -2.31. The Labute approximate surface area is 230 Å². The highest BCUT2D eigenvalue weighted by Gasteiger charge is 2.28. The van der Waals surface area contributed by atoms with Crippen molar-refractivity contribution < 1.29 is 22.7 Å². The summed E-state index contributed by atoms with van der Waals surface area (Å²) < 4.78 is 28.7. The van der Waals surface area contributed by atoms with Crippen molar-refractivity contribution in [3.63, 3.8) is 0 Å². The van der Waals surface area contributed by atoms with Crippen LogP contribution in [0.25, 0.3) is 10.9 Å². The van der Waals surface area contributed by atoms with E-state index in [1.165, 1.54) is 23.5 Å². The number of hydrogen-bond acceptors (Lipinski definition) is 8. The number of methoxy groups -OCH3 is 1. The lowest BCUT2D eigenvalue weighted by Crippen LogP contribution is -2.38. The molecule has 11 heteroatoms. The number of nitrogens with zero attached hydrogens (tertiary/aromatic N) is 3. The first-order chi connectivity index (χ1) is 18.7. The smallest absolute Gasteiger partial charge is 0.272 e. The SMILES string of the molecule is COc1cc(C(=O)N2CCC(c3nc(C(=O)NCc4ccc(S(C)(=O)=O)cc4)cs3)CC2)nc2ccccc12. The van der Waals surface area contributed by atoms with Crippen LogP contribution in [0.15, 0.2) is 64.9 Å². The van der Waals surface area contributed by atoms with Gasteiger partial charge in [-0.25, -0.2) is 18.4 Å². The first-order valence-electron chi connectivity index (χ1n) is 12.5. The molecule has 5 rings (SSSR count). The van der Waals surface area contributed by atoms with Crippen molar-refractivity contribution >= 4 is 43.9 Å². The fourth-order valence-corrected chi connectivity index (χ4v) is 6.22. The zero-order valence-electron chi connectivity index (χ0n) is 21.6. The van der Waals surface area contributed by atoms with Crippen molar-refractivity contribution in [2.45, 2.75) is 30.2 Å². The molecule has 9 nitrogen and oxygen atoms in total. The number of pyridine rings is 1. The Balaban J connectivity index is 1.17. The lowest BCUT2D eigenvalue weighted by molar-refractivity contribution is 0.0707. The first kappa shape index (κ1) is 26.8. The van der Waals surface area contributed by atoms with E-state index < -0.39 is 9.84 Å². The van der Waals surface area contributed by atoms with Crippen LogP contribution in [-0.4, -0.2) is 61.6 Å². The minimum atomic E-state index is -3.26. The summed E-state index contributed by atoms with van der Waals surface area (Å²) in [5, 5.41) is 6.34. The summed E-state index contributed by atoms with van der Waals surface area (Å²) in [6.45, 7) is 1.42. The number of nitrogens with one attached hydrogen (secondary N) is 1. The number of fused-ring (bicyclic) bond motifs is 1. The molecule has 1 aliphatic rings. The van der Waals surface area contributed by atoms with E-state index in [2.05, 4.69) is 15.3 Å². The van der Waals surface area contributed by atoms with E-state index in [4.69, 9.17) is 4.74 Å². The Bertz CT molecular complexity index is 1630. The maximum Gasteiger partial charge on any atom is 0.272 e. The van der Waals surface area contributed by atoms with E-state index in [0.29, 0.717) is 30.2 Å². The molecule has 0 radical (unpaired) electrons. The standard InChI is InChI=1S/C28H28N4O5S2/c1-37-25-15-23(30-22-6-4-3-5-21(22)25)28(34)32-13-11-19(12-14-32)27-31-24(17-38-27)26(33)29-16-18-7-9-20(10-8-18)39(2,35)36/h3-10,15,17,19H,11-14,16H2,1-2H3,(H,29,33). The summed E-state index contributed by atoms with van der Waals surface area (Å²) in [6.07, 6.45) is 2.65. The predicted molar refractivity (Wildman–Crippen MR) is 149 cm³/mol. The third kappa shape index (κ3) is 5.94. The van der Waals surface area contributed by atoms with Gasteiger partial charge in [-0.3, -0.25) is 9.59 Å². The number of likely N-dealkylation sites (tertiary alicyclic amines) is 1. The number of rotatable bonds is 7. The molecule has 2 aromatic carbocycles. The van der Waals surface area contributed by atoms with Crippen LogP contribution in [0.1, 0.15) is 50.3 Å². The number of benzene rings is 2. The Morgan fingerprint density at radius 2 is 1.77 bits per heavy atom. The molecule has 1 aliphatic heterocycles. The highest BCUT2D eigenvalue weighted by molar-refractivity contribution is 7.90. The number of carbonyl (C=O) groups excluding carboxylic acids is 2. The van der Waals surface area contributed by atoms with E-state index >= 15 is 0 Å². The van der Waals surface area contributed by atoms with Crippen LogP contribution in [-0.2, 0) is 16.4 Å². The Kier molecular flexibility index (Phi) is 7.62. The van der Waals surface area contributed by atoms with Crippen LogP contribution >= 0.6 is 11.3 Å². The van der Waals surface area contributed by atoms with Gasteiger partial charge in [-0.05, 0) is 42.7 Å². The summed E-state index contributed by atoms with van der Waals surface area (Å²) in [7, 11) is -1.68. The minimum Gasteiger partial charge on any atom is -0.496 e. The fourth-order valence-electron chi connectivity index (χ4n) is 4.62. The summed E-state index contributed by atoms with van der Waals surface area (Å²) in [5.74, 6) is 0.386. The third-order valence-electron chi connectivity index (χ3n) is 6.81. The second kappa shape index (κ2) is 11.1. The van der Waals surface area contributed by atoms with Gasteiger partial charge in [-0.15, -0.1) is 11.3 Å². The molecule has 4 aromatic rings. The van der Waals surface area contributed by atoms with E-state index in [0.717, 1.165) is 40.6 Å². The molecule has 3 heterocycles. The predicted octanol–water partition coefficient (Wildman–Crippen LogP) is 4.05. The molecule has 2 amide bonds. The van der Waals surface area contributed by atoms with Crippen molar-refractivity contribution in [1.29, 1.82) is 0 Å². The number of aromatic nitrogens is 2. The molecule has 202 valence electrons. The average Bonchev–Trinajstić information content (AvgIpc) is 3.45. The first-order valence-corrected chi connectivity index (χ1v) is 15.3. The van der Waals surface area contributed by atoms with Crippen molar-refractivity contribution in [2.24, 2.45) is 0 Å². The van der Waals surface area contributed by atoms with Gasteiger partial charge in [0.25, 0.3) is 11.8 Å². The Hall–Kier alpha value is -3.83. The number of amides is 2. The number of carbonyl (C=O) groups is 2. The summed E-state index contributed by atoms with van der Waals surface area (Å²) in [4.78, 5) is 37.0. The maximum absolute atomic E-state index is 13.2. The molecule has 39 heavy (non-hydrogen) atoms. The number of ether oxygens (including phenoxy) is 1. The Morgan fingerprint density at radius 3 is 2.46 bits per heavy atom. The molecular weight excluding hydrogens is 536 g/mol. The van der Waals surface area contributed by atoms with Crippen LogP contribution in [0.2, 0.25) is 0 Å². The van der Waals surface area contributed by atoms with Crippen LogP contribution in [0, 0.1) is 0 Å². The number of piperidine rings is 1. The lowest BCUT2D eigenvalue weighted by atomic mass is 9.97. The van der Waals surface area contributed by atoms with E-state index in [-0.39, 0.29) is 29.2 Å². The normalized spacial score (nSPS) is 14.4. The van der Waals surface area contributed by atoms with E-state index in [1.54, 1.807) is 30.7 Å². The highest BCUT2D eigenvalue weighted by Crippen LogP contribution is 2.32. The topological polar surface area (TPSA) is 119 Å². The zero-order chi connectivity index (χ0) is 27.6. The number of sulfone groups is 1. The van der Waals surface area contributed by atoms with Crippen molar-refractivity contribution in [1.82, 2.24) is 20.2 Å². The van der Waals surface area contributed by atoms with Gasteiger partial charge in [-0.2, -0.15) is 0 Å². The third-order valence-corrected chi connectivity index (χ3v) is 8.94. The van der Waals surface area contributed by atoms with Gasteiger partial charge in [-0.1, -0.05) is 24.3 Å². The Morgan fingerprint density at radius 1 is 1.05 bits per heavy atom. The highest BCUT2D eigenvalue weighted by atomic mass is 32.2. The van der Waals surface area contributed by atoms with E-state index in [1.807, 2.05) is 29.2 Å². The molecule has 0 bridgehead atoms. The number of thiazole rings is 1. The molecule has 0 atom stereocenters. The van der Waals surface area contributed by atoms with Gasteiger partial charge in [0.1, 0.15) is 17.1 Å². The molecule has 0 aliphatic carbocycles. The van der Waals surface area contributed by atoms with Crippen LogP contribution in [0.5, 0.6) is 5.75 Å². The van der Waals surface area contributed by atoms with Gasteiger partial charge in [0, 0.05) is 48.6 Å². The second-order valence-electron chi connectivity index (χ2n) is 9.46. The molecule has 1 N–H and O–H groups in total. The molecule has 2 aromatic heterocycles. The maximum atomic E-state index is 13.2. The van der Waals surface area contributed by atoms with Gasteiger partial charge in [0.15, 0.2) is 9.84 Å². The quantitative estimate of drug-likeness (QED) is 0.360. The monoisotopic (exact) mass is 564 g/mol. The fraction of sp³-hybridized carbons (Fsp3) is 0.286. The molecule has 0 saturated carbocycles. The summed E-state index contributed by atoms with van der Waals surface area (Å²) in [5.41, 5.74) is 2.23. The summed E-state index contributed by atoms with van der Waals surface area (Å²) >= 11 is 1.45. The van der Waals surface area contributed by atoms with Crippen LogP contribution in [0.4, 0.5) is 0 Å². The molecule has 1 fully saturated rings. The zero-order valence-corrected chi connectivity index (χ0v) is 23.2. The summed E-state index contributed by atoms with van der Waals surface area (Å²) in [6, 6.07) is 15.7. The van der Waals surface area contributed by atoms with Crippen molar-refractivity contribution in [2.75, 3.05) is 26.5 Å². The van der Waals surface area contributed by atoms with E-state index in [9.17, 15) is 18.0 Å². The van der Waals surface area contributed by atoms with Crippen molar-refractivity contribution in [3.8, 4) is 5.75 Å². The minimum absolute atomic E-state index is 0.124. The molecule has 0 unspecified atom stereocenters.